The molecule has 0 aliphatic heterocycles. The first-order valence-electron chi connectivity index (χ1n) is 6.11. The Balaban J connectivity index is 2.26. The standard InChI is InChI=1S/C14H19F2N/c1-10(2)9-14(15,16)12-5-3-4-11(8-12)13(17)6-7-13/h3-5,8,10H,6-7,9,17H2,1-2H3. The van der Waals surface area contributed by atoms with Crippen LogP contribution in [0.5, 0.6) is 0 Å². The molecule has 0 aromatic heterocycles. The van der Waals surface area contributed by atoms with Gasteiger partial charge in [0.2, 0.25) is 0 Å². The lowest BCUT2D eigenvalue weighted by Crippen LogP contribution is -2.21. The van der Waals surface area contributed by atoms with Crippen molar-refractivity contribution in [1.82, 2.24) is 0 Å². The molecule has 3 heteroatoms. The molecule has 0 amide bonds. The number of hydrogen-bond acceptors (Lipinski definition) is 1. The fraction of sp³-hybridized carbons (Fsp3) is 0.571. The summed E-state index contributed by atoms with van der Waals surface area (Å²) in [5, 5.41) is 0. The summed E-state index contributed by atoms with van der Waals surface area (Å²) < 4.78 is 27.9. The molecule has 1 aromatic rings. The molecule has 0 unspecified atom stereocenters. The molecule has 1 aromatic carbocycles. The molecule has 0 saturated heterocycles. The van der Waals surface area contributed by atoms with Gasteiger partial charge in [0.15, 0.2) is 0 Å². The average Bonchev–Trinajstić information content (AvgIpc) is 2.96. The van der Waals surface area contributed by atoms with Crippen molar-refractivity contribution in [2.75, 3.05) is 0 Å². The second-order valence-electron chi connectivity index (χ2n) is 5.54. The van der Waals surface area contributed by atoms with Crippen LogP contribution in [0, 0.1) is 5.92 Å². The summed E-state index contributed by atoms with van der Waals surface area (Å²) in [6.45, 7) is 3.62. The molecule has 17 heavy (non-hydrogen) atoms. The topological polar surface area (TPSA) is 26.0 Å². The van der Waals surface area contributed by atoms with Gasteiger partial charge in [0.05, 0.1) is 0 Å². The van der Waals surface area contributed by atoms with Crippen LogP contribution in [-0.2, 0) is 11.5 Å². The van der Waals surface area contributed by atoms with E-state index in [9.17, 15) is 8.78 Å². The number of halogens is 2. The zero-order valence-corrected chi connectivity index (χ0v) is 10.3. The molecule has 0 radical (unpaired) electrons. The van der Waals surface area contributed by atoms with Gasteiger partial charge in [-0.3, -0.25) is 0 Å². The summed E-state index contributed by atoms with van der Waals surface area (Å²) in [5.74, 6) is -2.78. The van der Waals surface area contributed by atoms with Crippen molar-refractivity contribution in [3.8, 4) is 0 Å². The van der Waals surface area contributed by atoms with Crippen molar-refractivity contribution in [2.45, 2.75) is 44.6 Å². The lowest BCUT2D eigenvalue weighted by Gasteiger charge is -2.20. The van der Waals surface area contributed by atoms with E-state index in [1.165, 1.54) is 6.07 Å². The minimum absolute atomic E-state index is 0.0265. The number of benzene rings is 1. The van der Waals surface area contributed by atoms with Crippen molar-refractivity contribution < 1.29 is 8.78 Å². The molecule has 1 aliphatic carbocycles. The average molecular weight is 239 g/mol. The van der Waals surface area contributed by atoms with Crippen molar-refractivity contribution >= 4 is 0 Å². The molecule has 1 saturated carbocycles. The first kappa shape index (κ1) is 12.5. The monoisotopic (exact) mass is 239 g/mol. The van der Waals surface area contributed by atoms with E-state index in [1.807, 2.05) is 19.9 Å². The van der Waals surface area contributed by atoms with Crippen LogP contribution in [-0.4, -0.2) is 0 Å². The van der Waals surface area contributed by atoms with Gasteiger partial charge in [-0.25, -0.2) is 8.78 Å². The van der Waals surface area contributed by atoms with Gasteiger partial charge in [0, 0.05) is 17.5 Å². The minimum atomic E-state index is -2.75. The lowest BCUT2D eigenvalue weighted by molar-refractivity contribution is -0.0250. The normalized spacial score (nSPS) is 18.5. The van der Waals surface area contributed by atoms with Gasteiger partial charge in [-0.05, 0) is 30.4 Å². The SMILES string of the molecule is CC(C)CC(F)(F)c1cccc(C2(N)CC2)c1. The Morgan fingerprint density at radius 2 is 2.00 bits per heavy atom. The van der Waals surface area contributed by atoms with E-state index in [-0.39, 0.29) is 23.4 Å². The van der Waals surface area contributed by atoms with Crippen LogP contribution >= 0.6 is 0 Å². The van der Waals surface area contributed by atoms with Crippen molar-refractivity contribution in [3.63, 3.8) is 0 Å². The summed E-state index contributed by atoms with van der Waals surface area (Å²) >= 11 is 0. The maximum absolute atomic E-state index is 14.0. The van der Waals surface area contributed by atoms with Gasteiger partial charge in [-0.2, -0.15) is 0 Å². The number of alkyl halides is 2. The third-order valence-electron chi connectivity index (χ3n) is 3.31. The van der Waals surface area contributed by atoms with E-state index in [0.29, 0.717) is 0 Å². The van der Waals surface area contributed by atoms with Crippen LogP contribution in [0.4, 0.5) is 8.78 Å². The summed E-state index contributed by atoms with van der Waals surface area (Å²) in [7, 11) is 0. The smallest absolute Gasteiger partial charge is 0.273 e. The fourth-order valence-corrected chi connectivity index (χ4v) is 2.11. The third kappa shape index (κ3) is 2.65. The first-order chi connectivity index (χ1) is 7.83. The highest BCUT2D eigenvalue weighted by Crippen LogP contribution is 2.44. The summed E-state index contributed by atoms with van der Waals surface area (Å²) in [6.07, 6.45) is 1.67. The number of nitrogens with two attached hydrogens (primary N) is 1. The third-order valence-corrected chi connectivity index (χ3v) is 3.31. The molecule has 0 bridgehead atoms. The Morgan fingerprint density at radius 1 is 1.35 bits per heavy atom. The molecule has 0 atom stereocenters. The van der Waals surface area contributed by atoms with E-state index in [0.717, 1.165) is 18.4 Å². The Labute approximate surface area is 101 Å². The van der Waals surface area contributed by atoms with Crippen molar-refractivity contribution in [3.05, 3.63) is 35.4 Å². The Morgan fingerprint density at radius 3 is 2.53 bits per heavy atom. The maximum Gasteiger partial charge on any atom is 0.273 e. The van der Waals surface area contributed by atoms with Crippen LogP contribution in [0.15, 0.2) is 24.3 Å². The largest absolute Gasteiger partial charge is 0.321 e. The maximum atomic E-state index is 14.0. The van der Waals surface area contributed by atoms with E-state index in [2.05, 4.69) is 0 Å². The van der Waals surface area contributed by atoms with Gasteiger partial charge < -0.3 is 5.73 Å². The van der Waals surface area contributed by atoms with Crippen LogP contribution in [0.2, 0.25) is 0 Å². The number of hydrogen-bond donors (Lipinski definition) is 1. The molecular weight excluding hydrogens is 220 g/mol. The lowest BCUT2D eigenvalue weighted by atomic mass is 9.95. The van der Waals surface area contributed by atoms with Crippen molar-refractivity contribution in [2.24, 2.45) is 11.7 Å². The second kappa shape index (κ2) is 4.05. The van der Waals surface area contributed by atoms with E-state index in [4.69, 9.17) is 5.73 Å². The van der Waals surface area contributed by atoms with Gasteiger partial charge in [-0.15, -0.1) is 0 Å². The molecule has 1 aliphatic rings. The highest BCUT2D eigenvalue weighted by Gasteiger charge is 2.41. The van der Waals surface area contributed by atoms with Gasteiger partial charge in [0.1, 0.15) is 0 Å². The van der Waals surface area contributed by atoms with E-state index < -0.39 is 5.92 Å². The Bertz CT molecular complexity index is 408. The second-order valence-corrected chi connectivity index (χ2v) is 5.54. The fourth-order valence-electron chi connectivity index (χ4n) is 2.11. The zero-order valence-electron chi connectivity index (χ0n) is 10.3. The highest BCUT2D eigenvalue weighted by molar-refractivity contribution is 5.35. The van der Waals surface area contributed by atoms with Crippen LogP contribution in [0.1, 0.15) is 44.2 Å². The highest BCUT2D eigenvalue weighted by atomic mass is 19.3. The zero-order chi connectivity index (χ0) is 12.7. The van der Waals surface area contributed by atoms with E-state index >= 15 is 0 Å². The summed E-state index contributed by atoms with van der Waals surface area (Å²) in [5.41, 5.74) is 6.64. The Kier molecular flexibility index (Phi) is 2.98. The van der Waals surface area contributed by atoms with Crippen molar-refractivity contribution in [1.29, 1.82) is 0 Å². The molecule has 1 nitrogen and oxygen atoms in total. The molecule has 0 spiro atoms. The van der Waals surface area contributed by atoms with Crippen LogP contribution in [0.25, 0.3) is 0 Å². The van der Waals surface area contributed by atoms with Crippen LogP contribution < -0.4 is 5.73 Å². The molecule has 0 heterocycles. The number of rotatable bonds is 4. The van der Waals surface area contributed by atoms with E-state index in [1.54, 1.807) is 12.1 Å². The van der Waals surface area contributed by atoms with Gasteiger partial charge in [-0.1, -0.05) is 32.0 Å². The summed E-state index contributed by atoms with van der Waals surface area (Å²) in [6, 6.07) is 6.61. The Hall–Kier alpha value is -0.960. The molecule has 2 N–H and O–H groups in total. The quantitative estimate of drug-likeness (QED) is 0.850. The van der Waals surface area contributed by atoms with Crippen LogP contribution in [0.3, 0.4) is 0 Å². The predicted octanol–water partition coefficient (Wildman–Crippen LogP) is 3.77. The first-order valence-corrected chi connectivity index (χ1v) is 6.11. The molecule has 94 valence electrons. The predicted molar refractivity (Wildman–Crippen MR) is 64.9 cm³/mol. The molecule has 2 rings (SSSR count). The van der Waals surface area contributed by atoms with Gasteiger partial charge in [0.25, 0.3) is 5.92 Å². The summed E-state index contributed by atoms with van der Waals surface area (Å²) in [4.78, 5) is 0. The molecule has 1 fully saturated rings. The minimum Gasteiger partial charge on any atom is -0.321 e. The molecular formula is C14H19F2N. The van der Waals surface area contributed by atoms with Gasteiger partial charge >= 0.3 is 0 Å².